The van der Waals surface area contributed by atoms with Crippen molar-refractivity contribution in [2.75, 3.05) is 24.4 Å². The second-order valence-corrected chi connectivity index (χ2v) is 7.82. The van der Waals surface area contributed by atoms with E-state index in [2.05, 4.69) is 15.7 Å². The molecular formula is C24H19Cl2FN4O5. The van der Waals surface area contributed by atoms with E-state index >= 15 is 0 Å². The van der Waals surface area contributed by atoms with Crippen LogP contribution in [0.3, 0.4) is 0 Å². The van der Waals surface area contributed by atoms with Crippen LogP contribution in [0.1, 0.15) is 5.56 Å². The maximum atomic E-state index is 13.6. The van der Waals surface area contributed by atoms with Crippen LogP contribution in [-0.2, 0) is 14.4 Å². The lowest BCUT2D eigenvalue weighted by molar-refractivity contribution is -0.136. The Morgan fingerprint density at radius 1 is 0.944 bits per heavy atom. The topological polar surface area (TPSA) is 118 Å². The number of hydrazone groups is 1. The summed E-state index contributed by atoms with van der Waals surface area (Å²) in [6.45, 7) is -0.308. The average Bonchev–Trinajstić information content (AvgIpc) is 2.86. The molecule has 0 atom stereocenters. The molecule has 9 nitrogen and oxygen atoms in total. The summed E-state index contributed by atoms with van der Waals surface area (Å²) in [5, 5.41) is 9.15. The number of carbonyl (C=O) groups is 3. The van der Waals surface area contributed by atoms with Crippen molar-refractivity contribution in [3.05, 3.63) is 82.1 Å². The Morgan fingerprint density at radius 3 is 2.44 bits per heavy atom. The number of methoxy groups -OCH3 is 1. The molecule has 3 N–H and O–H groups in total. The minimum atomic E-state index is -1.09. The van der Waals surface area contributed by atoms with Crippen LogP contribution in [0.2, 0.25) is 10.0 Å². The molecule has 0 aromatic heterocycles. The van der Waals surface area contributed by atoms with Crippen molar-refractivity contribution in [2.45, 2.75) is 0 Å². The molecule has 3 rings (SSSR count). The molecule has 12 heteroatoms. The summed E-state index contributed by atoms with van der Waals surface area (Å²) in [6.07, 6.45) is 1.26. The molecular weight excluding hydrogens is 514 g/mol. The number of hydrogen-bond acceptors (Lipinski definition) is 6. The third kappa shape index (κ3) is 7.42. The van der Waals surface area contributed by atoms with Crippen molar-refractivity contribution < 1.29 is 28.2 Å². The Balaban J connectivity index is 1.53. The molecule has 0 saturated carbocycles. The minimum absolute atomic E-state index is 0.132. The summed E-state index contributed by atoms with van der Waals surface area (Å²) in [4.78, 5) is 35.9. The van der Waals surface area contributed by atoms with Crippen molar-refractivity contribution >= 4 is 58.5 Å². The average molecular weight is 533 g/mol. The third-order valence-electron chi connectivity index (χ3n) is 4.46. The number of nitrogens with one attached hydrogen (secondary N) is 3. The number of carbonyl (C=O) groups excluding carboxylic acids is 3. The fourth-order valence-electron chi connectivity index (χ4n) is 2.76. The van der Waals surface area contributed by atoms with Crippen LogP contribution in [0.25, 0.3) is 0 Å². The first-order valence-corrected chi connectivity index (χ1v) is 11.0. The largest absolute Gasteiger partial charge is 0.493 e. The van der Waals surface area contributed by atoms with Gasteiger partial charge in [-0.1, -0.05) is 35.3 Å². The molecule has 0 aliphatic carbocycles. The Kier molecular flexibility index (Phi) is 9.20. The number of benzene rings is 3. The highest BCUT2D eigenvalue weighted by Gasteiger charge is 2.15. The molecule has 0 radical (unpaired) electrons. The number of halogens is 3. The maximum Gasteiger partial charge on any atom is 0.329 e. The SMILES string of the molecule is COc1cc(/C=N\NC(=O)C(=O)Nc2ccccc2F)ccc1OCC(=O)Nc1ccc(Cl)c(Cl)c1. The van der Waals surface area contributed by atoms with Gasteiger partial charge in [-0.3, -0.25) is 14.4 Å². The van der Waals surface area contributed by atoms with Gasteiger partial charge in [0.05, 0.1) is 29.1 Å². The highest BCUT2D eigenvalue weighted by molar-refractivity contribution is 6.42. The monoisotopic (exact) mass is 532 g/mol. The van der Waals surface area contributed by atoms with E-state index in [-0.39, 0.29) is 18.0 Å². The van der Waals surface area contributed by atoms with E-state index in [4.69, 9.17) is 32.7 Å². The second-order valence-electron chi connectivity index (χ2n) is 7.01. The summed E-state index contributed by atoms with van der Waals surface area (Å²) in [6, 6.07) is 14.8. The Labute approximate surface area is 215 Å². The van der Waals surface area contributed by atoms with Crippen molar-refractivity contribution in [2.24, 2.45) is 5.10 Å². The molecule has 3 amide bonds. The quantitative estimate of drug-likeness (QED) is 0.227. The van der Waals surface area contributed by atoms with Gasteiger partial charge in [-0.15, -0.1) is 0 Å². The van der Waals surface area contributed by atoms with Gasteiger partial charge >= 0.3 is 11.8 Å². The molecule has 0 aliphatic rings. The van der Waals surface area contributed by atoms with E-state index in [1.165, 1.54) is 37.6 Å². The van der Waals surface area contributed by atoms with Gasteiger partial charge < -0.3 is 20.1 Å². The Hall–Kier alpha value is -4.15. The normalized spacial score (nSPS) is 10.6. The van der Waals surface area contributed by atoms with Gasteiger partial charge in [0.25, 0.3) is 5.91 Å². The maximum absolute atomic E-state index is 13.6. The number of amides is 3. The van der Waals surface area contributed by atoms with E-state index in [1.807, 2.05) is 5.43 Å². The van der Waals surface area contributed by atoms with Gasteiger partial charge in [0.2, 0.25) is 0 Å². The molecule has 36 heavy (non-hydrogen) atoms. The van der Waals surface area contributed by atoms with E-state index in [0.29, 0.717) is 27.0 Å². The first kappa shape index (κ1) is 26.5. The fraction of sp³-hybridized carbons (Fsp3) is 0.0833. The van der Waals surface area contributed by atoms with E-state index in [0.717, 1.165) is 6.07 Å². The molecule has 0 heterocycles. The number of para-hydroxylation sites is 1. The van der Waals surface area contributed by atoms with Crippen molar-refractivity contribution in [3.8, 4) is 11.5 Å². The molecule has 0 spiro atoms. The van der Waals surface area contributed by atoms with Gasteiger partial charge in [0.1, 0.15) is 5.82 Å². The highest BCUT2D eigenvalue weighted by atomic mass is 35.5. The molecule has 0 fully saturated rings. The zero-order valence-corrected chi connectivity index (χ0v) is 20.2. The minimum Gasteiger partial charge on any atom is -0.493 e. The number of rotatable bonds is 8. The van der Waals surface area contributed by atoms with Crippen LogP contribution in [0.4, 0.5) is 15.8 Å². The van der Waals surface area contributed by atoms with E-state index in [1.54, 1.807) is 30.3 Å². The smallest absolute Gasteiger partial charge is 0.329 e. The van der Waals surface area contributed by atoms with Crippen LogP contribution in [0.15, 0.2) is 65.8 Å². The Morgan fingerprint density at radius 2 is 1.72 bits per heavy atom. The molecule has 0 saturated heterocycles. The van der Waals surface area contributed by atoms with Gasteiger partial charge in [-0.25, -0.2) is 9.82 Å². The zero-order chi connectivity index (χ0) is 26.1. The predicted octanol–water partition coefficient (Wildman–Crippen LogP) is 4.25. The summed E-state index contributed by atoms with van der Waals surface area (Å²) in [7, 11) is 1.41. The van der Waals surface area contributed by atoms with Gasteiger partial charge in [0.15, 0.2) is 18.1 Å². The first-order chi connectivity index (χ1) is 17.3. The molecule has 0 unspecified atom stereocenters. The van der Waals surface area contributed by atoms with Crippen LogP contribution in [0.5, 0.6) is 11.5 Å². The number of nitrogens with zero attached hydrogens (tertiary/aromatic N) is 1. The lowest BCUT2D eigenvalue weighted by Gasteiger charge is -2.11. The molecule has 186 valence electrons. The van der Waals surface area contributed by atoms with E-state index in [9.17, 15) is 18.8 Å². The van der Waals surface area contributed by atoms with Crippen molar-refractivity contribution in [1.29, 1.82) is 0 Å². The third-order valence-corrected chi connectivity index (χ3v) is 5.20. The summed E-state index contributed by atoms with van der Waals surface area (Å²) in [5.74, 6) is -2.70. The second kappa shape index (κ2) is 12.5. The molecule has 3 aromatic rings. The predicted molar refractivity (Wildman–Crippen MR) is 134 cm³/mol. The number of ether oxygens (including phenoxy) is 2. The summed E-state index contributed by atoms with van der Waals surface area (Å²) in [5.41, 5.74) is 2.87. The standard InChI is InChI=1S/C24H19Cl2FN4O5/c1-35-21-10-14(12-28-31-24(34)23(33)30-19-5-3-2-4-18(19)27)6-9-20(21)36-13-22(32)29-15-7-8-16(25)17(26)11-15/h2-12H,13H2,1H3,(H,29,32)(H,30,33)(H,31,34)/b28-12-. The lowest BCUT2D eigenvalue weighted by Crippen LogP contribution is -2.32. The number of hydrogen-bond donors (Lipinski definition) is 3. The van der Waals surface area contributed by atoms with Gasteiger partial charge in [-0.2, -0.15) is 5.10 Å². The van der Waals surface area contributed by atoms with E-state index < -0.39 is 23.5 Å². The van der Waals surface area contributed by atoms with Crippen LogP contribution >= 0.6 is 23.2 Å². The number of anilines is 2. The highest BCUT2D eigenvalue weighted by Crippen LogP contribution is 2.28. The van der Waals surface area contributed by atoms with Crippen molar-refractivity contribution in [1.82, 2.24) is 5.43 Å². The molecule has 3 aromatic carbocycles. The van der Waals surface area contributed by atoms with Gasteiger partial charge in [-0.05, 0) is 54.1 Å². The fourth-order valence-corrected chi connectivity index (χ4v) is 3.05. The lowest BCUT2D eigenvalue weighted by atomic mass is 10.2. The van der Waals surface area contributed by atoms with Crippen LogP contribution in [-0.4, -0.2) is 37.7 Å². The first-order valence-electron chi connectivity index (χ1n) is 10.2. The summed E-state index contributed by atoms with van der Waals surface area (Å²) >= 11 is 11.8. The Bertz CT molecular complexity index is 1320. The molecule has 0 bridgehead atoms. The zero-order valence-electron chi connectivity index (χ0n) is 18.7. The van der Waals surface area contributed by atoms with Gasteiger partial charge in [0, 0.05) is 5.69 Å². The van der Waals surface area contributed by atoms with Crippen LogP contribution < -0.4 is 25.5 Å². The van der Waals surface area contributed by atoms with Crippen molar-refractivity contribution in [3.63, 3.8) is 0 Å². The van der Waals surface area contributed by atoms with Crippen LogP contribution in [0, 0.1) is 5.82 Å². The summed E-state index contributed by atoms with van der Waals surface area (Å²) < 4.78 is 24.4. The molecule has 0 aliphatic heterocycles.